The minimum Gasteiger partial charge on any atom is -0.370 e. The number of para-hydroxylation sites is 1. The highest BCUT2D eigenvalue weighted by atomic mass is 16.1. The standard InChI is InChI=1S/C21H17N3O/c25-21(18-14-23-19-11-5-4-10-17(18)19)20(15-7-2-1-3-8-15)24-16-9-6-12-22-13-16/h1-14,20,23-24H. The van der Waals surface area contributed by atoms with Crippen molar-refractivity contribution in [3.63, 3.8) is 0 Å². The summed E-state index contributed by atoms with van der Waals surface area (Å²) in [6, 6.07) is 20.8. The smallest absolute Gasteiger partial charge is 0.191 e. The lowest BCUT2D eigenvalue weighted by atomic mass is 9.97. The topological polar surface area (TPSA) is 57.8 Å². The van der Waals surface area contributed by atoms with Gasteiger partial charge in [0.1, 0.15) is 6.04 Å². The second-order valence-corrected chi connectivity index (χ2v) is 5.84. The number of nitrogens with one attached hydrogen (secondary N) is 2. The molecule has 0 radical (unpaired) electrons. The van der Waals surface area contributed by atoms with E-state index < -0.39 is 6.04 Å². The Morgan fingerprint density at radius 3 is 2.56 bits per heavy atom. The first-order chi connectivity index (χ1) is 12.3. The minimum atomic E-state index is -0.482. The molecule has 0 amide bonds. The van der Waals surface area contributed by atoms with Gasteiger partial charge in [-0.15, -0.1) is 0 Å². The van der Waals surface area contributed by atoms with Gasteiger partial charge >= 0.3 is 0 Å². The van der Waals surface area contributed by atoms with Crippen LogP contribution in [-0.2, 0) is 0 Å². The third-order valence-corrected chi connectivity index (χ3v) is 4.22. The van der Waals surface area contributed by atoms with Gasteiger partial charge in [0.25, 0.3) is 0 Å². The van der Waals surface area contributed by atoms with Gasteiger partial charge in [0.05, 0.1) is 5.69 Å². The number of hydrogen-bond donors (Lipinski definition) is 2. The molecule has 4 rings (SSSR count). The zero-order valence-corrected chi connectivity index (χ0v) is 13.5. The average Bonchev–Trinajstić information content (AvgIpc) is 3.11. The molecule has 2 aromatic carbocycles. The highest BCUT2D eigenvalue weighted by Gasteiger charge is 2.24. The summed E-state index contributed by atoms with van der Waals surface area (Å²) in [7, 11) is 0. The van der Waals surface area contributed by atoms with Crippen molar-refractivity contribution in [2.24, 2.45) is 0 Å². The van der Waals surface area contributed by atoms with Crippen LogP contribution in [0, 0.1) is 0 Å². The Labute approximate surface area is 145 Å². The van der Waals surface area contributed by atoms with E-state index >= 15 is 0 Å². The second kappa shape index (κ2) is 6.61. The molecule has 0 aliphatic carbocycles. The number of benzene rings is 2. The van der Waals surface area contributed by atoms with Gasteiger partial charge < -0.3 is 10.3 Å². The maximum Gasteiger partial charge on any atom is 0.191 e. The van der Waals surface area contributed by atoms with E-state index in [1.807, 2.05) is 66.7 Å². The van der Waals surface area contributed by atoms with Crippen molar-refractivity contribution in [1.29, 1.82) is 0 Å². The number of Topliss-reactive ketones (excluding diaryl/α,β-unsaturated/α-hetero) is 1. The summed E-state index contributed by atoms with van der Waals surface area (Å²) in [5.74, 6) is 0.0208. The van der Waals surface area contributed by atoms with E-state index in [-0.39, 0.29) is 5.78 Å². The van der Waals surface area contributed by atoms with E-state index in [2.05, 4.69) is 15.3 Å². The lowest BCUT2D eigenvalue weighted by molar-refractivity contribution is 0.0971. The second-order valence-electron chi connectivity index (χ2n) is 5.84. The molecule has 0 fully saturated rings. The van der Waals surface area contributed by atoms with Gasteiger partial charge in [-0.25, -0.2) is 0 Å². The number of fused-ring (bicyclic) bond motifs is 1. The van der Waals surface area contributed by atoms with E-state index in [9.17, 15) is 4.79 Å². The highest BCUT2D eigenvalue weighted by molar-refractivity contribution is 6.11. The summed E-state index contributed by atoms with van der Waals surface area (Å²) in [6.45, 7) is 0. The molecule has 122 valence electrons. The first-order valence-electron chi connectivity index (χ1n) is 8.15. The molecular weight excluding hydrogens is 310 g/mol. The summed E-state index contributed by atoms with van der Waals surface area (Å²) >= 11 is 0. The van der Waals surface area contributed by atoms with Crippen molar-refractivity contribution in [1.82, 2.24) is 9.97 Å². The van der Waals surface area contributed by atoms with Crippen LogP contribution >= 0.6 is 0 Å². The SMILES string of the molecule is O=C(c1c[nH]c2ccccc12)C(Nc1cccnc1)c1ccccc1. The van der Waals surface area contributed by atoms with E-state index in [1.165, 1.54) is 0 Å². The van der Waals surface area contributed by atoms with E-state index in [4.69, 9.17) is 0 Å². The van der Waals surface area contributed by atoms with Crippen LogP contribution in [0.3, 0.4) is 0 Å². The predicted molar refractivity (Wildman–Crippen MR) is 99.7 cm³/mol. The van der Waals surface area contributed by atoms with Crippen molar-refractivity contribution in [3.05, 3.63) is 96.4 Å². The number of anilines is 1. The third-order valence-electron chi connectivity index (χ3n) is 4.22. The predicted octanol–water partition coefficient (Wildman–Crippen LogP) is 4.60. The van der Waals surface area contributed by atoms with Gasteiger partial charge in [-0.1, -0.05) is 48.5 Å². The van der Waals surface area contributed by atoms with E-state index in [0.29, 0.717) is 5.56 Å². The van der Waals surface area contributed by atoms with Gasteiger partial charge in [0.15, 0.2) is 5.78 Å². The normalized spacial score (nSPS) is 12.0. The molecule has 4 nitrogen and oxygen atoms in total. The molecule has 4 heteroatoms. The van der Waals surface area contributed by atoms with Crippen molar-refractivity contribution < 1.29 is 4.79 Å². The molecule has 0 bridgehead atoms. The lowest BCUT2D eigenvalue weighted by Gasteiger charge is -2.19. The van der Waals surface area contributed by atoms with Crippen LogP contribution in [0.1, 0.15) is 22.0 Å². The number of nitrogens with zero attached hydrogens (tertiary/aromatic N) is 1. The van der Waals surface area contributed by atoms with Gasteiger partial charge in [-0.2, -0.15) is 0 Å². The summed E-state index contributed by atoms with van der Waals surface area (Å²) in [5, 5.41) is 4.25. The molecule has 1 atom stereocenters. The van der Waals surface area contributed by atoms with Crippen LogP contribution in [0.2, 0.25) is 0 Å². The Morgan fingerprint density at radius 1 is 0.960 bits per heavy atom. The summed E-state index contributed by atoms with van der Waals surface area (Å²) in [6.07, 6.45) is 5.22. The minimum absolute atomic E-state index is 0.0208. The number of aromatic nitrogens is 2. The van der Waals surface area contributed by atoms with Crippen LogP contribution in [0.25, 0.3) is 10.9 Å². The van der Waals surface area contributed by atoms with Crippen LogP contribution < -0.4 is 5.32 Å². The van der Waals surface area contributed by atoms with Gasteiger partial charge in [0, 0.05) is 35.1 Å². The Morgan fingerprint density at radius 2 is 1.76 bits per heavy atom. The molecule has 2 aromatic heterocycles. The molecule has 25 heavy (non-hydrogen) atoms. The zero-order valence-electron chi connectivity index (χ0n) is 13.5. The maximum absolute atomic E-state index is 13.3. The Bertz CT molecular complexity index is 993. The Balaban J connectivity index is 1.76. The summed E-state index contributed by atoms with van der Waals surface area (Å²) in [4.78, 5) is 20.6. The summed E-state index contributed by atoms with van der Waals surface area (Å²) in [5.41, 5.74) is 3.37. The quantitative estimate of drug-likeness (QED) is 0.527. The maximum atomic E-state index is 13.3. The Hall–Kier alpha value is -3.40. The molecule has 0 aliphatic heterocycles. The molecule has 0 saturated carbocycles. The number of carbonyl (C=O) groups is 1. The first-order valence-corrected chi connectivity index (χ1v) is 8.15. The van der Waals surface area contributed by atoms with Crippen molar-refractivity contribution in [2.75, 3.05) is 5.32 Å². The van der Waals surface area contributed by atoms with Gasteiger partial charge in [-0.3, -0.25) is 9.78 Å². The zero-order chi connectivity index (χ0) is 17.1. The molecule has 1 unspecified atom stereocenters. The molecule has 2 N–H and O–H groups in total. The molecule has 0 spiro atoms. The molecular formula is C21H17N3O. The summed E-state index contributed by atoms with van der Waals surface area (Å²) < 4.78 is 0. The van der Waals surface area contributed by atoms with Crippen molar-refractivity contribution >= 4 is 22.4 Å². The van der Waals surface area contributed by atoms with Crippen LogP contribution in [0.4, 0.5) is 5.69 Å². The molecule has 0 saturated heterocycles. The van der Waals surface area contributed by atoms with Gasteiger partial charge in [-0.05, 0) is 23.8 Å². The van der Waals surface area contributed by atoms with Crippen LogP contribution in [0.5, 0.6) is 0 Å². The highest BCUT2D eigenvalue weighted by Crippen LogP contribution is 2.27. The Kier molecular flexibility index (Phi) is 4.01. The largest absolute Gasteiger partial charge is 0.370 e. The number of carbonyl (C=O) groups excluding carboxylic acids is 1. The first kappa shape index (κ1) is 15.1. The average molecular weight is 327 g/mol. The number of H-pyrrole nitrogens is 1. The fraction of sp³-hybridized carbons (Fsp3) is 0.0476. The monoisotopic (exact) mass is 327 g/mol. The molecule has 2 heterocycles. The van der Waals surface area contributed by atoms with Crippen LogP contribution in [-0.4, -0.2) is 15.8 Å². The van der Waals surface area contributed by atoms with Crippen LogP contribution in [0.15, 0.2) is 85.3 Å². The van der Waals surface area contributed by atoms with E-state index in [0.717, 1.165) is 22.2 Å². The number of ketones is 1. The lowest BCUT2D eigenvalue weighted by Crippen LogP contribution is -2.21. The fourth-order valence-electron chi connectivity index (χ4n) is 2.99. The number of aromatic amines is 1. The number of hydrogen-bond acceptors (Lipinski definition) is 3. The van der Waals surface area contributed by atoms with Gasteiger partial charge in [0.2, 0.25) is 0 Å². The number of rotatable bonds is 5. The number of pyridine rings is 1. The fourth-order valence-corrected chi connectivity index (χ4v) is 2.99. The third kappa shape index (κ3) is 3.02. The molecule has 4 aromatic rings. The van der Waals surface area contributed by atoms with Crippen molar-refractivity contribution in [2.45, 2.75) is 6.04 Å². The van der Waals surface area contributed by atoms with E-state index in [1.54, 1.807) is 18.6 Å². The van der Waals surface area contributed by atoms with Crippen molar-refractivity contribution in [3.8, 4) is 0 Å². The molecule has 0 aliphatic rings.